The minimum absolute atomic E-state index is 0.00138. The van der Waals surface area contributed by atoms with E-state index in [2.05, 4.69) is 5.32 Å². The van der Waals surface area contributed by atoms with E-state index in [1.165, 1.54) is 12.1 Å². The summed E-state index contributed by atoms with van der Waals surface area (Å²) in [6.07, 6.45) is 4.48. The molecule has 3 rings (SSSR count). The first-order valence-corrected chi connectivity index (χ1v) is 8.31. The lowest BCUT2D eigenvalue weighted by Gasteiger charge is -2.17. The van der Waals surface area contributed by atoms with Gasteiger partial charge in [-0.1, -0.05) is 12.1 Å². The maximum atomic E-state index is 13.0. The summed E-state index contributed by atoms with van der Waals surface area (Å²) in [6, 6.07) is 6.73. The highest BCUT2D eigenvalue weighted by molar-refractivity contribution is 5.81. The van der Waals surface area contributed by atoms with Crippen molar-refractivity contribution in [2.24, 2.45) is 11.8 Å². The zero-order valence-electron chi connectivity index (χ0n) is 13.0. The molecule has 1 aromatic rings. The predicted octanol–water partition coefficient (Wildman–Crippen LogP) is 3.08. The smallest absolute Gasteiger partial charge is 0.306 e. The van der Waals surface area contributed by atoms with Gasteiger partial charge in [0.2, 0.25) is 5.91 Å². The number of carboxylic acid groups (broad SMARTS) is 1. The van der Waals surface area contributed by atoms with E-state index in [1.807, 2.05) is 12.1 Å². The van der Waals surface area contributed by atoms with Crippen LogP contribution in [0.15, 0.2) is 24.3 Å². The molecule has 0 saturated heterocycles. The summed E-state index contributed by atoms with van der Waals surface area (Å²) in [6.45, 7) is 0. The summed E-state index contributed by atoms with van der Waals surface area (Å²) in [4.78, 5) is 23.3. The van der Waals surface area contributed by atoms with Crippen LogP contribution >= 0.6 is 0 Å². The highest BCUT2D eigenvalue weighted by atomic mass is 19.1. The Labute approximate surface area is 135 Å². The van der Waals surface area contributed by atoms with Gasteiger partial charge in [0.05, 0.1) is 5.92 Å². The Hall–Kier alpha value is -1.91. The largest absolute Gasteiger partial charge is 0.481 e. The SMILES string of the molecule is O=C(O)[C@@H]1CC[C@H](C(=O)NC2CCC(c3ccc(F)cc3)C2)C1. The molecule has 2 fully saturated rings. The molecule has 0 bridgehead atoms. The zero-order valence-corrected chi connectivity index (χ0v) is 13.0. The van der Waals surface area contributed by atoms with Crippen LogP contribution in [0.3, 0.4) is 0 Å². The molecule has 23 heavy (non-hydrogen) atoms. The maximum absolute atomic E-state index is 13.0. The monoisotopic (exact) mass is 319 g/mol. The Morgan fingerprint density at radius 2 is 1.70 bits per heavy atom. The van der Waals surface area contributed by atoms with Crippen molar-refractivity contribution >= 4 is 11.9 Å². The molecule has 1 aromatic carbocycles. The van der Waals surface area contributed by atoms with Gasteiger partial charge in [-0.25, -0.2) is 4.39 Å². The van der Waals surface area contributed by atoms with E-state index >= 15 is 0 Å². The van der Waals surface area contributed by atoms with Crippen LogP contribution in [0.25, 0.3) is 0 Å². The van der Waals surface area contributed by atoms with Crippen molar-refractivity contribution in [2.45, 2.75) is 50.5 Å². The second-order valence-electron chi connectivity index (χ2n) is 6.81. The van der Waals surface area contributed by atoms with Gasteiger partial charge in [0.15, 0.2) is 0 Å². The minimum atomic E-state index is -0.794. The summed E-state index contributed by atoms with van der Waals surface area (Å²) in [5.41, 5.74) is 1.12. The van der Waals surface area contributed by atoms with Crippen molar-refractivity contribution in [1.82, 2.24) is 5.32 Å². The highest BCUT2D eigenvalue weighted by Gasteiger charge is 2.35. The van der Waals surface area contributed by atoms with Crippen molar-refractivity contribution in [1.29, 1.82) is 0 Å². The Balaban J connectivity index is 1.51. The van der Waals surface area contributed by atoms with Crippen LogP contribution in [0, 0.1) is 17.7 Å². The quantitative estimate of drug-likeness (QED) is 0.896. The molecule has 2 N–H and O–H groups in total. The Morgan fingerprint density at radius 1 is 1.00 bits per heavy atom. The first kappa shape index (κ1) is 16.0. The summed E-state index contributed by atoms with van der Waals surface area (Å²) in [7, 11) is 0. The van der Waals surface area contributed by atoms with Gasteiger partial charge in [0.1, 0.15) is 5.82 Å². The summed E-state index contributed by atoms with van der Waals surface area (Å²) < 4.78 is 13.0. The van der Waals surface area contributed by atoms with Crippen LogP contribution < -0.4 is 5.32 Å². The normalized spacial score (nSPS) is 30.3. The lowest BCUT2D eigenvalue weighted by atomic mass is 9.97. The zero-order chi connectivity index (χ0) is 16.4. The summed E-state index contributed by atoms with van der Waals surface area (Å²) in [5.74, 6) is -1.21. The number of rotatable bonds is 4. The summed E-state index contributed by atoms with van der Waals surface area (Å²) >= 11 is 0. The Bertz CT molecular complexity index is 586. The van der Waals surface area contributed by atoms with Gasteiger partial charge < -0.3 is 10.4 Å². The molecule has 1 amide bonds. The fraction of sp³-hybridized carbons (Fsp3) is 0.556. The molecule has 4 nitrogen and oxygen atoms in total. The van der Waals surface area contributed by atoms with Crippen LogP contribution in [-0.4, -0.2) is 23.0 Å². The Kier molecular flexibility index (Phi) is 4.64. The minimum Gasteiger partial charge on any atom is -0.481 e. The molecule has 124 valence electrons. The third-order valence-electron chi connectivity index (χ3n) is 5.27. The number of halogens is 1. The molecular formula is C18H22FNO3. The van der Waals surface area contributed by atoms with Gasteiger partial charge in [-0.2, -0.15) is 0 Å². The molecule has 4 atom stereocenters. The molecule has 2 saturated carbocycles. The van der Waals surface area contributed by atoms with Crippen molar-refractivity contribution in [2.75, 3.05) is 0 Å². The van der Waals surface area contributed by atoms with E-state index in [9.17, 15) is 14.0 Å². The molecule has 5 heteroatoms. The van der Waals surface area contributed by atoms with Crippen LogP contribution in [0.5, 0.6) is 0 Å². The highest BCUT2D eigenvalue weighted by Crippen LogP contribution is 2.36. The number of amides is 1. The van der Waals surface area contributed by atoms with Crippen molar-refractivity contribution in [3.63, 3.8) is 0 Å². The average Bonchev–Trinajstić information content (AvgIpc) is 3.17. The van der Waals surface area contributed by atoms with Gasteiger partial charge in [-0.3, -0.25) is 9.59 Å². The lowest BCUT2D eigenvalue weighted by Crippen LogP contribution is -2.37. The lowest BCUT2D eigenvalue weighted by molar-refractivity contribution is -0.141. The molecule has 2 aliphatic rings. The van der Waals surface area contributed by atoms with E-state index in [0.29, 0.717) is 25.2 Å². The molecule has 0 spiro atoms. The van der Waals surface area contributed by atoms with Gasteiger partial charge in [0.25, 0.3) is 0 Å². The van der Waals surface area contributed by atoms with Gasteiger partial charge >= 0.3 is 5.97 Å². The fourth-order valence-corrected chi connectivity index (χ4v) is 3.91. The first-order chi connectivity index (χ1) is 11.0. The number of carboxylic acids is 1. The van der Waals surface area contributed by atoms with Gasteiger partial charge in [-0.05, 0) is 62.1 Å². The van der Waals surface area contributed by atoms with E-state index in [0.717, 1.165) is 24.8 Å². The van der Waals surface area contributed by atoms with Gasteiger partial charge in [0, 0.05) is 12.0 Å². The number of carbonyl (C=O) groups excluding carboxylic acids is 1. The third kappa shape index (κ3) is 3.71. The number of benzene rings is 1. The fourth-order valence-electron chi connectivity index (χ4n) is 3.91. The van der Waals surface area contributed by atoms with Crippen LogP contribution in [-0.2, 0) is 9.59 Å². The standard InChI is InChI=1S/C18H22FNO3/c19-15-6-3-11(4-7-15)12-5-8-16(10-12)20-17(21)13-1-2-14(9-13)18(22)23/h3-4,6-7,12-14,16H,1-2,5,8-10H2,(H,20,21)(H,22,23)/t12?,13-,14+,16?/m0/s1. The van der Waals surface area contributed by atoms with Crippen molar-refractivity contribution in [3.8, 4) is 0 Å². The van der Waals surface area contributed by atoms with E-state index in [-0.39, 0.29) is 29.6 Å². The molecule has 0 aromatic heterocycles. The van der Waals surface area contributed by atoms with E-state index in [1.54, 1.807) is 0 Å². The molecular weight excluding hydrogens is 297 g/mol. The maximum Gasteiger partial charge on any atom is 0.306 e. The van der Waals surface area contributed by atoms with Crippen LogP contribution in [0.1, 0.15) is 50.0 Å². The molecule has 2 unspecified atom stereocenters. The molecule has 0 aliphatic heterocycles. The van der Waals surface area contributed by atoms with Crippen LogP contribution in [0.2, 0.25) is 0 Å². The number of nitrogens with one attached hydrogen (secondary N) is 1. The second-order valence-corrected chi connectivity index (χ2v) is 6.81. The van der Waals surface area contributed by atoms with E-state index in [4.69, 9.17) is 5.11 Å². The number of hydrogen-bond acceptors (Lipinski definition) is 2. The van der Waals surface area contributed by atoms with Crippen molar-refractivity contribution < 1.29 is 19.1 Å². The molecule has 0 radical (unpaired) electrons. The molecule has 2 aliphatic carbocycles. The average molecular weight is 319 g/mol. The Morgan fingerprint density at radius 3 is 2.35 bits per heavy atom. The number of carbonyl (C=O) groups is 2. The third-order valence-corrected chi connectivity index (χ3v) is 5.27. The van der Waals surface area contributed by atoms with Gasteiger partial charge in [-0.15, -0.1) is 0 Å². The first-order valence-electron chi connectivity index (χ1n) is 8.31. The van der Waals surface area contributed by atoms with Crippen molar-refractivity contribution in [3.05, 3.63) is 35.6 Å². The van der Waals surface area contributed by atoms with Crippen LogP contribution in [0.4, 0.5) is 4.39 Å². The number of hydrogen-bond donors (Lipinski definition) is 2. The second kappa shape index (κ2) is 6.69. The topological polar surface area (TPSA) is 66.4 Å². The summed E-state index contributed by atoms with van der Waals surface area (Å²) in [5, 5.41) is 12.1. The van der Waals surface area contributed by atoms with E-state index < -0.39 is 5.97 Å². The number of aliphatic carboxylic acids is 1. The predicted molar refractivity (Wildman–Crippen MR) is 83.4 cm³/mol. The molecule has 0 heterocycles.